The van der Waals surface area contributed by atoms with Crippen LogP contribution >= 0.6 is 0 Å². The van der Waals surface area contributed by atoms with Gasteiger partial charge in [-0.3, -0.25) is 4.79 Å². The van der Waals surface area contributed by atoms with Crippen molar-refractivity contribution < 1.29 is 22.5 Å². The molecule has 2 aliphatic heterocycles. The number of benzene rings is 1. The van der Waals surface area contributed by atoms with Gasteiger partial charge in [0.2, 0.25) is 15.9 Å². The SMILES string of the molecule is CCOc1ccc([C@@H]2CCCN2C(=O)C2CCN(S(=O)(=O)c3c(C)noc3C)CC2)cc1. The van der Waals surface area contributed by atoms with Crippen LogP contribution < -0.4 is 4.74 Å². The topological polar surface area (TPSA) is 93.0 Å². The molecule has 0 bridgehead atoms. The fourth-order valence-electron chi connectivity index (χ4n) is 4.88. The number of ether oxygens (including phenoxy) is 1. The highest BCUT2D eigenvalue weighted by Gasteiger charge is 2.39. The predicted molar refractivity (Wildman–Crippen MR) is 119 cm³/mol. The van der Waals surface area contributed by atoms with Crippen LogP contribution in [0.5, 0.6) is 5.75 Å². The Kier molecular flexibility index (Phi) is 6.57. The summed E-state index contributed by atoms with van der Waals surface area (Å²) >= 11 is 0. The van der Waals surface area contributed by atoms with Gasteiger partial charge in [-0.05, 0) is 64.2 Å². The van der Waals surface area contributed by atoms with Crippen LogP contribution in [0, 0.1) is 19.8 Å². The molecule has 174 valence electrons. The lowest BCUT2D eigenvalue weighted by Crippen LogP contribution is -2.44. The number of nitrogens with zero attached hydrogens (tertiary/aromatic N) is 3. The number of piperidine rings is 1. The molecule has 3 heterocycles. The molecular weight excluding hydrogens is 430 g/mol. The molecule has 0 saturated carbocycles. The van der Waals surface area contributed by atoms with Crippen molar-refractivity contribution in [1.82, 2.24) is 14.4 Å². The van der Waals surface area contributed by atoms with Crippen molar-refractivity contribution in [1.29, 1.82) is 0 Å². The molecule has 0 aliphatic carbocycles. The van der Waals surface area contributed by atoms with Crippen molar-refractivity contribution >= 4 is 15.9 Å². The summed E-state index contributed by atoms with van der Waals surface area (Å²) in [5.74, 6) is 1.11. The first kappa shape index (κ1) is 22.8. The normalized spacial score (nSPS) is 20.6. The molecule has 0 radical (unpaired) electrons. The number of rotatable bonds is 6. The molecule has 32 heavy (non-hydrogen) atoms. The summed E-state index contributed by atoms with van der Waals surface area (Å²) in [5, 5.41) is 3.78. The zero-order valence-electron chi connectivity index (χ0n) is 18.9. The Hall–Kier alpha value is -2.39. The first-order valence-electron chi connectivity index (χ1n) is 11.3. The van der Waals surface area contributed by atoms with Crippen molar-refractivity contribution in [2.24, 2.45) is 5.92 Å². The second-order valence-electron chi connectivity index (χ2n) is 8.52. The number of likely N-dealkylation sites (tertiary alicyclic amines) is 1. The monoisotopic (exact) mass is 461 g/mol. The molecule has 0 N–H and O–H groups in total. The van der Waals surface area contributed by atoms with Gasteiger partial charge < -0.3 is 14.2 Å². The number of carbonyl (C=O) groups is 1. The van der Waals surface area contributed by atoms with Gasteiger partial charge in [-0.2, -0.15) is 4.31 Å². The summed E-state index contributed by atoms with van der Waals surface area (Å²) in [6.07, 6.45) is 2.96. The lowest BCUT2D eigenvalue weighted by molar-refractivity contribution is -0.137. The first-order chi connectivity index (χ1) is 15.3. The van der Waals surface area contributed by atoms with E-state index in [-0.39, 0.29) is 22.8 Å². The maximum Gasteiger partial charge on any atom is 0.248 e. The predicted octanol–water partition coefficient (Wildman–Crippen LogP) is 3.45. The van der Waals surface area contributed by atoms with E-state index in [1.54, 1.807) is 13.8 Å². The van der Waals surface area contributed by atoms with Gasteiger partial charge >= 0.3 is 0 Å². The molecule has 9 heteroatoms. The Bertz CT molecular complexity index is 1040. The summed E-state index contributed by atoms with van der Waals surface area (Å²) < 4.78 is 38.1. The minimum Gasteiger partial charge on any atom is -0.494 e. The summed E-state index contributed by atoms with van der Waals surface area (Å²) in [6.45, 7) is 7.21. The molecule has 2 aromatic rings. The molecule has 2 aliphatic rings. The minimum atomic E-state index is -3.67. The smallest absolute Gasteiger partial charge is 0.248 e. The average Bonchev–Trinajstić information content (AvgIpc) is 3.41. The summed E-state index contributed by atoms with van der Waals surface area (Å²) in [5.41, 5.74) is 1.49. The van der Waals surface area contributed by atoms with Crippen LogP contribution in [-0.2, 0) is 14.8 Å². The van der Waals surface area contributed by atoms with Gasteiger partial charge in [-0.15, -0.1) is 0 Å². The molecule has 2 saturated heterocycles. The maximum atomic E-state index is 13.4. The molecule has 1 amide bonds. The van der Waals surface area contributed by atoms with Crippen LogP contribution in [0.2, 0.25) is 0 Å². The van der Waals surface area contributed by atoms with E-state index in [1.807, 2.05) is 36.1 Å². The van der Waals surface area contributed by atoms with Crippen LogP contribution in [-0.4, -0.2) is 54.9 Å². The van der Waals surface area contributed by atoms with Crippen LogP contribution in [0.25, 0.3) is 0 Å². The van der Waals surface area contributed by atoms with E-state index in [9.17, 15) is 13.2 Å². The molecule has 2 fully saturated rings. The van der Waals surface area contributed by atoms with Gasteiger partial charge in [-0.1, -0.05) is 17.3 Å². The molecule has 8 nitrogen and oxygen atoms in total. The fourth-order valence-corrected chi connectivity index (χ4v) is 6.64. The van der Waals surface area contributed by atoms with Gasteiger partial charge in [0.05, 0.1) is 12.6 Å². The molecule has 1 aromatic heterocycles. The molecule has 0 spiro atoms. The molecule has 1 aromatic carbocycles. The summed E-state index contributed by atoms with van der Waals surface area (Å²) in [7, 11) is -3.67. The van der Waals surface area contributed by atoms with Crippen molar-refractivity contribution in [3.63, 3.8) is 0 Å². The summed E-state index contributed by atoms with van der Waals surface area (Å²) in [6, 6.07) is 8.07. The number of amides is 1. The van der Waals surface area contributed by atoms with Gasteiger partial charge in [0.15, 0.2) is 5.76 Å². The summed E-state index contributed by atoms with van der Waals surface area (Å²) in [4.78, 5) is 15.5. The quantitative estimate of drug-likeness (QED) is 0.654. The van der Waals surface area contributed by atoms with E-state index < -0.39 is 10.0 Å². The van der Waals surface area contributed by atoms with E-state index in [2.05, 4.69) is 5.16 Å². The minimum absolute atomic E-state index is 0.0715. The third kappa shape index (κ3) is 4.28. The number of hydrogen-bond donors (Lipinski definition) is 0. The van der Waals surface area contributed by atoms with Gasteiger partial charge in [0.1, 0.15) is 16.3 Å². The van der Waals surface area contributed by atoms with Crippen molar-refractivity contribution in [2.75, 3.05) is 26.2 Å². The maximum absolute atomic E-state index is 13.4. The third-order valence-corrected chi connectivity index (χ3v) is 8.62. The number of aromatic nitrogens is 1. The number of aryl methyl sites for hydroxylation is 2. The average molecular weight is 462 g/mol. The highest BCUT2D eigenvalue weighted by molar-refractivity contribution is 7.89. The van der Waals surface area contributed by atoms with Gasteiger partial charge in [-0.25, -0.2) is 8.42 Å². The largest absolute Gasteiger partial charge is 0.494 e. The Morgan fingerprint density at radius 3 is 2.41 bits per heavy atom. The van der Waals surface area contributed by atoms with Crippen LogP contribution in [0.1, 0.15) is 55.7 Å². The molecule has 0 unspecified atom stereocenters. The highest BCUT2D eigenvalue weighted by Crippen LogP contribution is 2.36. The molecular formula is C23H31N3O5S. The van der Waals surface area contributed by atoms with Gasteiger partial charge in [0, 0.05) is 25.6 Å². The lowest BCUT2D eigenvalue weighted by Gasteiger charge is -2.34. The van der Waals surface area contributed by atoms with Crippen LogP contribution in [0.3, 0.4) is 0 Å². The Balaban J connectivity index is 1.41. The molecule has 4 rings (SSSR count). The van der Waals surface area contributed by atoms with Crippen LogP contribution in [0.15, 0.2) is 33.7 Å². The van der Waals surface area contributed by atoms with Crippen molar-refractivity contribution in [2.45, 2.75) is 57.4 Å². The third-order valence-electron chi connectivity index (χ3n) is 6.48. The highest BCUT2D eigenvalue weighted by atomic mass is 32.2. The number of hydrogen-bond acceptors (Lipinski definition) is 6. The van der Waals surface area contributed by atoms with E-state index in [0.717, 1.165) is 30.7 Å². The number of carbonyl (C=O) groups excluding carboxylic acids is 1. The zero-order valence-corrected chi connectivity index (χ0v) is 19.7. The van der Waals surface area contributed by atoms with Gasteiger partial charge in [0.25, 0.3) is 0 Å². The van der Waals surface area contributed by atoms with Crippen molar-refractivity contribution in [3.8, 4) is 5.75 Å². The molecule has 1 atom stereocenters. The standard InChI is InChI=1S/C23H31N3O5S/c1-4-30-20-9-7-18(8-10-20)21-6-5-13-26(21)23(27)19-11-14-25(15-12-19)32(28,29)22-16(2)24-31-17(22)3/h7-10,19,21H,4-6,11-15H2,1-3H3/t21-/m0/s1. The fraction of sp³-hybridized carbons (Fsp3) is 0.565. The number of sulfonamides is 1. The Labute approximate surface area is 189 Å². The van der Waals surface area contributed by atoms with E-state index in [0.29, 0.717) is 44.0 Å². The first-order valence-corrected chi connectivity index (χ1v) is 12.7. The Morgan fingerprint density at radius 1 is 1.12 bits per heavy atom. The van der Waals surface area contributed by atoms with E-state index in [4.69, 9.17) is 9.26 Å². The second-order valence-corrected chi connectivity index (χ2v) is 10.4. The van der Waals surface area contributed by atoms with Crippen molar-refractivity contribution in [3.05, 3.63) is 41.3 Å². The second kappa shape index (κ2) is 9.23. The lowest BCUT2D eigenvalue weighted by atomic mass is 9.95. The van der Waals surface area contributed by atoms with Crippen LogP contribution in [0.4, 0.5) is 0 Å². The Morgan fingerprint density at radius 2 is 1.81 bits per heavy atom. The zero-order chi connectivity index (χ0) is 22.9. The van der Waals surface area contributed by atoms with E-state index in [1.165, 1.54) is 4.31 Å². The van der Waals surface area contributed by atoms with E-state index >= 15 is 0 Å².